The topological polar surface area (TPSA) is 66.1 Å². The molecule has 1 fully saturated rings. The van der Waals surface area contributed by atoms with E-state index >= 15 is 0 Å². The Morgan fingerprint density at radius 1 is 1.13 bits per heavy atom. The Labute approximate surface area is 134 Å². The number of hydrogen-bond acceptors (Lipinski definition) is 5. The summed E-state index contributed by atoms with van der Waals surface area (Å²) < 4.78 is 5.40. The number of benzene rings is 1. The van der Waals surface area contributed by atoms with Gasteiger partial charge in [-0.25, -0.2) is 9.97 Å². The monoisotopic (exact) mass is 309 g/mol. The molecule has 0 saturated carbocycles. The molecule has 3 heterocycles. The van der Waals surface area contributed by atoms with Gasteiger partial charge in [0.1, 0.15) is 17.8 Å². The number of hydrogen-bond donors (Lipinski definition) is 2. The molecule has 6 heteroatoms. The van der Waals surface area contributed by atoms with Gasteiger partial charge in [0.25, 0.3) is 0 Å². The maximum Gasteiger partial charge on any atom is 0.143 e. The number of aromatic nitrogens is 3. The van der Waals surface area contributed by atoms with Crippen molar-refractivity contribution in [2.24, 2.45) is 0 Å². The quantitative estimate of drug-likeness (QED) is 0.779. The van der Waals surface area contributed by atoms with E-state index in [1.807, 2.05) is 6.92 Å². The molecule has 0 amide bonds. The number of aryl methyl sites for hydroxylation is 1. The number of anilines is 3. The van der Waals surface area contributed by atoms with Crippen LogP contribution in [0.2, 0.25) is 0 Å². The van der Waals surface area contributed by atoms with Crippen molar-refractivity contribution in [3.8, 4) is 0 Å². The summed E-state index contributed by atoms with van der Waals surface area (Å²) in [5.74, 6) is 0.818. The van der Waals surface area contributed by atoms with Crippen LogP contribution < -0.4 is 10.2 Å². The van der Waals surface area contributed by atoms with Gasteiger partial charge in [-0.3, -0.25) is 0 Å². The smallest absolute Gasteiger partial charge is 0.143 e. The van der Waals surface area contributed by atoms with Crippen LogP contribution in [-0.2, 0) is 4.74 Å². The molecule has 23 heavy (non-hydrogen) atoms. The molecular weight excluding hydrogens is 290 g/mol. The first-order valence-electron chi connectivity index (χ1n) is 7.80. The van der Waals surface area contributed by atoms with E-state index in [0.29, 0.717) is 0 Å². The molecule has 0 spiro atoms. The van der Waals surface area contributed by atoms with E-state index in [2.05, 4.69) is 55.5 Å². The van der Waals surface area contributed by atoms with E-state index in [-0.39, 0.29) is 0 Å². The number of nitrogens with zero attached hydrogens (tertiary/aromatic N) is 3. The average Bonchev–Trinajstić information content (AvgIpc) is 2.98. The number of fused-ring (bicyclic) bond motifs is 1. The molecule has 1 aliphatic heterocycles. The Morgan fingerprint density at radius 3 is 2.70 bits per heavy atom. The first-order chi connectivity index (χ1) is 11.3. The van der Waals surface area contributed by atoms with Gasteiger partial charge in [0.05, 0.1) is 18.6 Å². The minimum atomic E-state index is 0.797. The average molecular weight is 309 g/mol. The maximum atomic E-state index is 5.40. The lowest BCUT2D eigenvalue weighted by Gasteiger charge is -2.28. The van der Waals surface area contributed by atoms with Gasteiger partial charge in [-0.1, -0.05) is 0 Å². The molecule has 6 nitrogen and oxygen atoms in total. The van der Waals surface area contributed by atoms with E-state index in [1.54, 1.807) is 6.33 Å². The van der Waals surface area contributed by atoms with Crippen LogP contribution >= 0.6 is 0 Å². The Morgan fingerprint density at radius 2 is 1.91 bits per heavy atom. The molecule has 2 aromatic heterocycles. The largest absolute Gasteiger partial charge is 0.378 e. The normalized spacial score (nSPS) is 15.1. The highest BCUT2D eigenvalue weighted by molar-refractivity contribution is 5.89. The van der Waals surface area contributed by atoms with Gasteiger partial charge >= 0.3 is 0 Å². The summed E-state index contributed by atoms with van der Waals surface area (Å²) in [5.41, 5.74) is 4.17. The van der Waals surface area contributed by atoms with Crippen molar-refractivity contribution in [2.45, 2.75) is 6.92 Å². The molecule has 1 aromatic carbocycles. The highest BCUT2D eigenvalue weighted by atomic mass is 16.5. The van der Waals surface area contributed by atoms with Gasteiger partial charge in [-0.2, -0.15) is 0 Å². The minimum absolute atomic E-state index is 0.797. The lowest BCUT2D eigenvalue weighted by Crippen LogP contribution is -2.36. The molecule has 0 radical (unpaired) electrons. The fraction of sp³-hybridized carbons (Fsp3) is 0.294. The summed E-state index contributed by atoms with van der Waals surface area (Å²) in [6.07, 6.45) is 1.57. The van der Waals surface area contributed by atoms with E-state index < -0.39 is 0 Å². The SMILES string of the molecule is Cc1cc2c(Nc3ccc(N4CCOCC4)cc3)ncnc2[nH]1. The Hall–Kier alpha value is -2.60. The van der Waals surface area contributed by atoms with E-state index in [0.717, 1.165) is 54.5 Å². The minimum Gasteiger partial charge on any atom is -0.378 e. The van der Waals surface area contributed by atoms with Gasteiger partial charge in [-0.05, 0) is 37.3 Å². The Kier molecular flexibility index (Phi) is 3.59. The lowest BCUT2D eigenvalue weighted by molar-refractivity contribution is 0.122. The molecule has 0 unspecified atom stereocenters. The van der Waals surface area contributed by atoms with Crippen molar-refractivity contribution in [3.63, 3.8) is 0 Å². The fourth-order valence-electron chi connectivity index (χ4n) is 2.88. The summed E-state index contributed by atoms with van der Waals surface area (Å²) in [6.45, 7) is 5.50. The summed E-state index contributed by atoms with van der Waals surface area (Å²) in [4.78, 5) is 14.2. The number of morpholine rings is 1. The molecule has 0 aliphatic carbocycles. The molecular formula is C17H19N5O. The van der Waals surface area contributed by atoms with Crippen LogP contribution in [0.1, 0.15) is 5.69 Å². The highest BCUT2D eigenvalue weighted by Gasteiger charge is 2.11. The van der Waals surface area contributed by atoms with Crippen LogP contribution in [0, 0.1) is 6.92 Å². The van der Waals surface area contributed by atoms with Gasteiger partial charge in [0.15, 0.2) is 0 Å². The number of ether oxygens (including phenoxy) is 1. The molecule has 2 N–H and O–H groups in total. The Bertz CT molecular complexity index is 805. The summed E-state index contributed by atoms with van der Waals surface area (Å²) in [7, 11) is 0. The first kappa shape index (κ1) is 14.0. The molecule has 4 rings (SSSR count). The third kappa shape index (κ3) is 2.85. The predicted octanol–water partition coefficient (Wildman–Crippen LogP) is 2.85. The second-order valence-corrected chi connectivity index (χ2v) is 5.71. The second kappa shape index (κ2) is 5.89. The third-order valence-electron chi connectivity index (χ3n) is 4.07. The van der Waals surface area contributed by atoms with Crippen LogP contribution in [0.5, 0.6) is 0 Å². The summed E-state index contributed by atoms with van der Waals surface area (Å²) in [6, 6.07) is 10.5. The van der Waals surface area contributed by atoms with Crippen LogP contribution in [0.25, 0.3) is 11.0 Å². The fourth-order valence-corrected chi connectivity index (χ4v) is 2.88. The standard InChI is InChI=1S/C17H19N5O/c1-12-10-15-16(20-12)18-11-19-17(15)21-13-2-4-14(5-3-13)22-6-8-23-9-7-22/h2-5,10-11H,6-9H2,1H3,(H2,18,19,20,21). The van der Waals surface area contributed by atoms with Gasteiger partial charge < -0.3 is 19.9 Å². The number of aromatic amines is 1. The van der Waals surface area contributed by atoms with Crippen LogP contribution in [0.4, 0.5) is 17.2 Å². The van der Waals surface area contributed by atoms with E-state index in [9.17, 15) is 0 Å². The van der Waals surface area contributed by atoms with Crippen molar-refractivity contribution in [2.75, 3.05) is 36.5 Å². The predicted molar refractivity (Wildman–Crippen MR) is 91.4 cm³/mol. The zero-order valence-electron chi connectivity index (χ0n) is 13.0. The number of nitrogens with one attached hydrogen (secondary N) is 2. The van der Waals surface area contributed by atoms with E-state index in [1.165, 1.54) is 5.69 Å². The first-order valence-corrected chi connectivity index (χ1v) is 7.80. The summed E-state index contributed by atoms with van der Waals surface area (Å²) >= 11 is 0. The van der Waals surface area contributed by atoms with Crippen LogP contribution in [0.15, 0.2) is 36.7 Å². The van der Waals surface area contributed by atoms with Crippen molar-refractivity contribution in [1.29, 1.82) is 0 Å². The third-order valence-corrected chi connectivity index (χ3v) is 4.07. The van der Waals surface area contributed by atoms with Crippen LogP contribution in [-0.4, -0.2) is 41.3 Å². The van der Waals surface area contributed by atoms with Crippen molar-refractivity contribution in [1.82, 2.24) is 15.0 Å². The molecule has 0 atom stereocenters. The van der Waals surface area contributed by atoms with Gasteiger partial charge in [0, 0.05) is 30.2 Å². The molecule has 1 saturated heterocycles. The lowest BCUT2D eigenvalue weighted by atomic mass is 10.2. The highest BCUT2D eigenvalue weighted by Crippen LogP contribution is 2.25. The molecule has 1 aliphatic rings. The molecule has 3 aromatic rings. The number of rotatable bonds is 3. The zero-order chi connectivity index (χ0) is 15.6. The van der Waals surface area contributed by atoms with Crippen molar-refractivity contribution in [3.05, 3.63) is 42.4 Å². The second-order valence-electron chi connectivity index (χ2n) is 5.71. The van der Waals surface area contributed by atoms with Gasteiger partial charge in [-0.15, -0.1) is 0 Å². The van der Waals surface area contributed by atoms with Crippen molar-refractivity contribution < 1.29 is 4.74 Å². The molecule has 0 bridgehead atoms. The van der Waals surface area contributed by atoms with Gasteiger partial charge in [0.2, 0.25) is 0 Å². The van der Waals surface area contributed by atoms with E-state index in [4.69, 9.17) is 4.74 Å². The Balaban J connectivity index is 1.56. The maximum absolute atomic E-state index is 5.40. The zero-order valence-corrected chi connectivity index (χ0v) is 13.0. The summed E-state index contributed by atoms with van der Waals surface area (Å²) in [5, 5.41) is 4.38. The number of H-pyrrole nitrogens is 1. The van der Waals surface area contributed by atoms with Crippen molar-refractivity contribution >= 4 is 28.2 Å². The van der Waals surface area contributed by atoms with Crippen LogP contribution in [0.3, 0.4) is 0 Å². The molecule has 118 valence electrons.